The number of benzene rings is 2. The Labute approximate surface area is 124 Å². The van der Waals surface area contributed by atoms with E-state index in [-0.39, 0.29) is 6.42 Å². The van der Waals surface area contributed by atoms with Crippen molar-refractivity contribution in [3.63, 3.8) is 0 Å². The zero-order valence-electron chi connectivity index (χ0n) is 10.1. The number of para-hydroxylation sites is 1. The molecule has 0 spiro atoms. The minimum absolute atomic E-state index is 0.174. The molecule has 104 valence electrons. The number of carbonyl (C=O) groups is 1. The molecule has 0 atom stereocenters. The fourth-order valence-corrected chi connectivity index (χ4v) is 2.19. The number of anilines is 1. The SMILES string of the molecule is O=C(Cc1c(Cl)cccc1Cl)Nc1c(F)cccc1F. The topological polar surface area (TPSA) is 29.1 Å². The average Bonchev–Trinajstić information content (AvgIpc) is 2.39. The summed E-state index contributed by atoms with van der Waals surface area (Å²) in [6, 6.07) is 8.13. The lowest BCUT2D eigenvalue weighted by atomic mass is 10.1. The van der Waals surface area contributed by atoms with Crippen LogP contribution in [0.4, 0.5) is 14.5 Å². The van der Waals surface area contributed by atoms with E-state index in [0.717, 1.165) is 12.1 Å². The second-order valence-corrected chi connectivity index (χ2v) is 4.84. The molecule has 0 radical (unpaired) electrons. The molecular formula is C14H9Cl2F2NO. The largest absolute Gasteiger partial charge is 0.321 e. The monoisotopic (exact) mass is 315 g/mol. The zero-order chi connectivity index (χ0) is 14.7. The summed E-state index contributed by atoms with van der Waals surface area (Å²) in [4.78, 5) is 11.8. The molecule has 6 heteroatoms. The van der Waals surface area contributed by atoms with Crippen LogP contribution >= 0.6 is 23.2 Å². The van der Waals surface area contributed by atoms with Crippen molar-refractivity contribution in [1.82, 2.24) is 0 Å². The predicted molar refractivity (Wildman–Crippen MR) is 75.2 cm³/mol. The van der Waals surface area contributed by atoms with Crippen LogP contribution in [-0.2, 0) is 11.2 Å². The smallest absolute Gasteiger partial charge is 0.229 e. The minimum Gasteiger partial charge on any atom is -0.321 e. The maximum Gasteiger partial charge on any atom is 0.229 e. The summed E-state index contributed by atoms with van der Waals surface area (Å²) in [5.74, 6) is -2.30. The van der Waals surface area contributed by atoms with E-state index in [4.69, 9.17) is 23.2 Å². The van der Waals surface area contributed by atoms with E-state index in [1.54, 1.807) is 18.2 Å². The van der Waals surface area contributed by atoms with Gasteiger partial charge in [-0.2, -0.15) is 0 Å². The van der Waals surface area contributed by atoms with E-state index in [1.807, 2.05) is 0 Å². The third-order valence-corrected chi connectivity index (χ3v) is 3.33. The highest BCUT2D eigenvalue weighted by molar-refractivity contribution is 6.36. The van der Waals surface area contributed by atoms with Gasteiger partial charge in [0.1, 0.15) is 17.3 Å². The molecule has 0 aromatic heterocycles. The van der Waals surface area contributed by atoms with Gasteiger partial charge < -0.3 is 5.32 Å². The lowest BCUT2D eigenvalue weighted by molar-refractivity contribution is -0.115. The van der Waals surface area contributed by atoms with Gasteiger partial charge in [0, 0.05) is 10.0 Å². The molecule has 2 nitrogen and oxygen atoms in total. The number of carbonyl (C=O) groups excluding carboxylic acids is 1. The van der Waals surface area contributed by atoms with E-state index >= 15 is 0 Å². The Morgan fingerprint density at radius 1 is 1.00 bits per heavy atom. The van der Waals surface area contributed by atoms with Gasteiger partial charge in [-0.1, -0.05) is 35.3 Å². The van der Waals surface area contributed by atoms with Gasteiger partial charge in [-0.3, -0.25) is 4.79 Å². The molecule has 1 amide bonds. The van der Waals surface area contributed by atoms with Crippen molar-refractivity contribution in [2.24, 2.45) is 0 Å². The molecule has 1 N–H and O–H groups in total. The molecule has 2 aromatic carbocycles. The van der Waals surface area contributed by atoms with E-state index in [1.165, 1.54) is 6.07 Å². The van der Waals surface area contributed by atoms with Crippen LogP contribution in [0.5, 0.6) is 0 Å². The molecule has 2 rings (SSSR count). The van der Waals surface area contributed by atoms with Crippen LogP contribution in [0, 0.1) is 11.6 Å². The van der Waals surface area contributed by atoms with Crippen molar-refractivity contribution < 1.29 is 13.6 Å². The van der Waals surface area contributed by atoms with Crippen LogP contribution in [0.2, 0.25) is 10.0 Å². The summed E-state index contributed by atoms with van der Waals surface area (Å²) in [6.45, 7) is 0. The summed E-state index contributed by atoms with van der Waals surface area (Å²) < 4.78 is 26.8. The van der Waals surface area contributed by atoms with Crippen LogP contribution in [0.3, 0.4) is 0 Å². The van der Waals surface area contributed by atoms with Gasteiger partial charge in [0.15, 0.2) is 0 Å². The predicted octanol–water partition coefficient (Wildman–Crippen LogP) is 4.45. The van der Waals surface area contributed by atoms with Crippen LogP contribution in [-0.4, -0.2) is 5.91 Å². The summed E-state index contributed by atoms with van der Waals surface area (Å²) in [5.41, 5.74) is -0.0780. The number of rotatable bonds is 3. The third kappa shape index (κ3) is 3.26. The summed E-state index contributed by atoms with van der Waals surface area (Å²) in [6.07, 6.45) is -0.174. The maximum atomic E-state index is 13.4. The van der Waals surface area contributed by atoms with E-state index in [0.29, 0.717) is 15.6 Å². The van der Waals surface area contributed by atoms with Gasteiger partial charge in [-0.25, -0.2) is 8.78 Å². The maximum absolute atomic E-state index is 13.4. The van der Waals surface area contributed by atoms with Crippen molar-refractivity contribution in [2.75, 3.05) is 5.32 Å². The van der Waals surface area contributed by atoms with Gasteiger partial charge in [0.25, 0.3) is 0 Å². The normalized spacial score (nSPS) is 10.4. The number of hydrogen-bond donors (Lipinski definition) is 1. The molecular weight excluding hydrogens is 307 g/mol. The van der Waals surface area contributed by atoms with E-state index in [2.05, 4.69) is 5.32 Å². The highest BCUT2D eigenvalue weighted by Crippen LogP contribution is 2.25. The Kier molecular flexibility index (Phi) is 4.57. The number of hydrogen-bond acceptors (Lipinski definition) is 1. The van der Waals surface area contributed by atoms with Crippen molar-refractivity contribution in [1.29, 1.82) is 0 Å². The van der Waals surface area contributed by atoms with E-state index in [9.17, 15) is 13.6 Å². The van der Waals surface area contributed by atoms with Gasteiger partial charge in [-0.15, -0.1) is 0 Å². The van der Waals surface area contributed by atoms with Gasteiger partial charge in [0.2, 0.25) is 5.91 Å². The Bertz CT molecular complexity index is 566. The first kappa shape index (κ1) is 14.8. The first-order chi connectivity index (χ1) is 9.49. The molecule has 0 bridgehead atoms. The van der Waals surface area contributed by atoms with Crippen LogP contribution in [0.1, 0.15) is 5.56 Å². The fourth-order valence-electron chi connectivity index (χ4n) is 1.66. The average molecular weight is 316 g/mol. The van der Waals surface area contributed by atoms with Crippen molar-refractivity contribution >= 4 is 34.8 Å². The second kappa shape index (κ2) is 6.20. The molecule has 2 aromatic rings. The third-order valence-electron chi connectivity index (χ3n) is 2.63. The molecule has 0 fully saturated rings. The van der Waals surface area contributed by atoms with E-state index < -0.39 is 23.2 Å². The molecule has 0 aliphatic carbocycles. The lowest BCUT2D eigenvalue weighted by Gasteiger charge is -2.09. The summed E-state index contributed by atoms with van der Waals surface area (Å²) in [5, 5.41) is 2.82. The molecule has 0 heterocycles. The van der Waals surface area contributed by atoms with Gasteiger partial charge >= 0.3 is 0 Å². The summed E-state index contributed by atoms with van der Waals surface area (Å²) in [7, 11) is 0. The van der Waals surface area contributed by atoms with Crippen LogP contribution < -0.4 is 5.32 Å². The standard InChI is InChI=1S/C14H9Cl2F2NO/c15-9-3-1-4-10(16)8(9)7-13(20)19-14-11(17)5-2-6-12(14)18/h1-6H,7H2,(H,19,20). The Hall–Kier alpha value is -1.65. The van der Waals surface area contributed by atoms with Crippen molar-refractivity contribution in [3.8, 4) is 0 Å². The van der Waals surface area contributed by atoms with Gasteiger partial charge in [-0.05, 0) is 29.8 Å². The molecule has 0 aliphatic rings. The van der Waals surface area contributed by atoms with Crippen LogP contribution in [0.25, 0.3) is 0 Å². The quantitative estimate of drug-likeness (QED) is 0.890. The Balaban J connectivity index is 2.18. The minimum atomic E-state index is -0.844. The molecule has 0 saturated carbocycles. The highest BCUT2D eigenvalue weighted by Gasteiger charge is 2.15. The number of amides is 1. The van der Waals surface area contributed by atoms with Gasteiger partial charge in [0.05, 0.1) is 6.42 Å². The van der Waals surface area contributed by atoms with Crippen molar-refractivity contribution in [3.05, 3.63) is 63.6 Å². The molecule has 20 heavy (non-hydrogen) atoms. The number of nitrogens with one attached hydrogen (secondary N) is 1. The van der Waals surface area contributed by atoms with Crippen molar-refractivity contribution in [2.45, 2.75) is 6.42 Å². The molecule has 0 saturated heterocycles. The molecule has 0 aliphatic heterocycles. The Morgan fingerprint density at radius 3 is 2.05 bits per heavy atom. The summed E-state index contributed by atoms with van der Waals surface area (Å²) >= 11 is 11.9. The lowest BCUT2D eigenvalue weighted by Crippen LogP contribution is -2.17. The zero-order valence-corrected chi connectivity index (χ0v) is 11.6. The van der Waals surface area contributed by atoms with Crippen LogP contribution in [0.15, 0.2) is 36.4 Å². The first-order valence-electron chi connectivity index (χ1n) is 5.66. The number of halogens is 4. The fraction of sp³-hybridized carbons (Fsp3) is 0.0714. The first-order valence-corrected chi connectivity index (χ1v) is 6.41. The highest BCUT2D eigenvalue weighted by atomic mass is 35.5. The second-order valence-electron chi connectivity index (χ2n) is 4.02. The molecule has 0 unspecified atom stereocenters. The Morgan fingerprint density at radius 2 is 1.50 bits per heavy atom.